The summed E-state index contributed by atoms with van der Waals surface area (Å²) in [5, 5.41) is 8.18. The van der Waals surface area contributed by atoms with Crippen molar-refractivity contribution in [3.63, 3.8) is 0 Å². The fraction of sp³-hybridized carbons (Fsp3) is 0.105. The second-order valence-corrected chi connectivity index (χ2v) is 5.74. The molecule has 0 fully saturated rings. The van der Waals surface area contributed by atoms with Crippen LogP contribution >= 0.6 is 0 Å². The molecule has 26 heavy (non-hydrogen) atoms. The van der Waals surface area contributed by atoms with Gasteiger partial charge in [0, 0.05) is 32.1 Å². The normalized spacial score (nSPS) is 11.3. The number of carbonyl (C=O) groups is 1. The average molecular weight is 348 g/mol. The lowest BCUT2D eigenvalue weighted by Gasteiger charge is -2.04. The van der Waals surface area contributed by atoms with E-state index in [1.54, 1.807) is 30.6 Å². The first-order valence-corrected chi connectivity index (χ1v) is 8.09. The third kappa shape index (κ3) is 4.27. The lowest BCUT2D eigenvalue weighted by Crippen LogP contribution is -2.17. The van der Waals surface area contributed by atoms with Crippen LogP contribution in [0.5, 0.6) is 0 Å². The Morgan fingerprint density at radius 1 is 0.923 bits per heavy atom. The van der Waals surface area contributed by atoms with Gasteiger partial charge in [0.25, 0.3) is 5.91 Å². The van der Waals surface area contributed by atoms with Gasteiger partial charge in [-0.3, -0.25) is 10.2 Å². The Morgan fingerprint density at radius 2 is 1.58 bits per heavy atom. The monoisotopic (exact) mass is 348 g/mol. The molecule has 0 bridgehead atoms. The van der Waals surface area contributed by atoms with Gasteiger partial charge in [0.05, 0.1) is 29.5 Å². The largest absolute Gasteiger partial charge is 0.350 e. The summed E-state index contributed by atoms with van der Waals surface area (Å²) in [6, 6.07) is 14.8. The Bertz CT molecular complexity index is 950. The number of benzene rings is 1. The molecule has 132 valence electrons. The van der Waals surface area contributed by atoms with Crippen LogP contribution in [-0.4, -0.2) is 27.5 Å². The summed E-state index contributed by atoms with van der Waals surface area (Å²) in [6.45, 7) is 0. The van der Waals surface area contributed by atoms with Gasteiger partial charge in [0.1, 0.15) is 0 Å². The van der Waals surface area contributed by atoms with Gasteiger partial charge in [-0.2, -0.15) is 10.2 Å². The Kier molecular flexibility index (Phi) is 5.28. The molecule has 2 N–H and O–H groups in total. The molecule has 0 aliphatic rings. The van der Waals surface area contributed by atoms with E-state index >= 15 is 0 Å². The highest BCUT2D eigenvalue weighted by molar-refractivity contribution is 5.95. The summed E-state index contributed by atoms with van der Waals surface area (Å²) >= 11 is 0. The summed E-state index contributed by atoms with van der Waals surface area (Å²) in [5.41, 5.74) is 8.53. The molecule has 0 aliphatic carbocycles. The minimum absolute atomic E-state index is 0.287. The van der Waals surface area contributed by atoms with Crippen molar-refractivity contribution >= 4 is 24.0 Å². The first kappa shape index (κ1) is 17.2. The highest BCUT2D eigenvalue weighted by atomic mass is 16.2. The van der Waals surface area contributed by atoms with E-state index in [1.165, 1.54) is 0 Å². The fourth-order valence-electron chi connectivity index (χ4n) is 2.34. The summed E-state index contributed by atoms with van der Waals surface area (Å²) in [6.07, 6.45) is 7.18. The van der Waals surface area contributed by atoms with Crippen molar-refractivity contribution in [2.24, 2.45) is 24.3 Å². The summed E-state index contributed by atoms with van der Waals surface area (Å²) in [4.78, 5) is 12.2. The van der Waals surface area contributed by atoms with Crippen molar-refractivity contribution in [2.75, 3.05) is 5.43 Å². The van der Waals surface area contributed by atoms with Crippen molar-refractivity contribution in [1.82, 2.24) is 14.6 Å². The minimum Gasteiger partial charge on any atom is -0.350 e. The molecule has 0 saturated carbocycles. The number of anilines is 1. The molecule has 0 saturated heterocycles. The highest BCUT2D eigenvalue weighted by Gasteiger charge is 2.05. The zero-order valence-corrected chi connectivity index (χ0v) is 14.6. The molecular weight excluding hydrogens is 328 g/mol. The van der Waals surface area contributed by atoms with E-state index in [9.17, 15) is 4.79 Å². The number of nitrogens with zero attached hydrogens (tertiary/aromatic N) is 4. The molecule has 3 aromatic rings. The van der Waals surface area contributed by atoms with Crippen LogP contribution in [0.4, 0.5) is 5.69 Å². The fourth-order valence-corrected chi connectivity index (χ4v) is 2.34. The maximum atomic E-state index is 12.2. The molecule has 0 atom stereocenters. The summed E-state index contributed by atoms with van der Waals surface area (Å²) in [7, 11) is 3.86. The molecule has 7 heteroatoms. The van der Waals surface area contributed by atoms with Crippen LogP contribution < -0.4 is 10.9 Å². The number of rotatable bonds is 6. The van der Waals surface area contributed by atoms with Crippen LogP contribution in [0.25, 0.3) is 0 Å². The zero-order valence-electron chi connectivity index (χ0n) is 14.6. The molecule has 0 radical (unpaired) electrons. The van der Waals surface area contributed by atoms with Crippen LogP contribution in [0.2, 0.25) is 0 Å². The number of amides is 1. The van der Waals surface area contributed by atoms with Crippen LogP contribution in [0.1, 0.15) is 21.7 Å². The molecule has 1 amide bonds. The van der Waals surface area contributed by atoms with Crippen LogP contribution in [0.15, 0.2) is 71.1 Å². The first-order valence-electron chi connectivity index (χ1n) is 8.09. The van der Waals surface area contributed by atoms with E-state index in [4.69, 9.17) is 0 Å². The number of carbonyl (C=O) groups excluding carboxylic acids is 1. The van der Waals surface area contributed by atoms with Crippen molar-refractivity contribution in [3.8, 4) is 0 Å². The number of hydrogen-bond donors (Lipinski definition) is 2. The van der Waals surface area contributed by atoms with Gasteiger partial charge < -0.3 is 9.13 Å². The first-order chi connectivity index (χ1) is 12.6. The Morgan fingerprint density at radius 3 is 2.19 bits per heavy atom. The van der Waals surface area contributed by atoms with Gasteiger partial charge in [-0.05, 0) is 42.5 Å². The van der Waals surface area contributed by atoms with Crippen molar-refractivity contribution in [2.45, 2.75) is 0 Å². The topological polar surface area (TPSA) is 75.7 Å². The molecule has 0 aliphatic heterocycles. The maximum absolute atomic E-state index is 12.2. The van der Waals surface area contributed by atoms with E-state index in [0.29, 0.717) is 5.56 Å². The van der Waals surface area contributed by atoms with Crippen molar-refractivity contribution in [3.05, 3.63) is 77.9 Å². The molecular formula is C19H20N6O. The predicted octanol–water partition coefficient (Wildman–Crippen LogP) is 2.57. The molecule has 2 aromatic heterocycles. The van der Waals surface area contributed by atoms with Gasteiger partial charge >= 0.3 is 0 Å². The van der Waals surface area contributed by atoms with Crippen LogP contribution in [-0.2, 0) is 14.1 Å². The molecule has 0 spiro atoms. The van der Waals surface area contributed by atoms with E-state index in [2.05, 4.69) is 21.1 Å². The number of hydrogen-bond acceptors (Lipinski definition) is 4. The minimum atomic E-state index is -0.287. The van der Waals surface area contributed by atoms with Gasteiger partial charge in [-0.1, -0.05) is 6.07 Å². The van der Waals surface area contributed by atoms with Gasteiger partial charge in [0.15, 0.2) is 0 Å². The number of nitrogens with one attached hydrogen (secondary N) is 2. The third-order valence-electron chi connectivity index (χ3n) is 3.85. The lowest BCUT2D eigenvalue weighted by molar-refractivity contribution is 0.0955. The quantitative estimate of drug-likeness (QED) is 0.531. The zero-order chi connectivity index (χ0) is 18.4. The smallest absolute Gasteiger partial charge is 0.271 e. The van der Waals surface area contributed by atoms with E-state index in [1.807, 2.05) is 66.0 Å². The standard InChI is InChI=1S/C19H20N6O/c1-24-10-4-8-17(24)13-20-22-16-7-3-6-15(12-16)19(26)23-21-14-18-9-5-11-25(18)2/h3-14,22H,1-2H3,(H,23,26)/b20-13+,21-14+. The molecule has 0 unspecified atom stereocenters. The van der Waals surface area contributed by atoms with E-state index in [0.717, 1.165) is 17.1 Å². The summed E-state index contributed by atoms with van der Waals surface area (Å²) in [5.74, 6) is -0.287. The predicted molar refractivity (Wildman–Crippen MR) is 104 cm³/mol. The number of aryl methyl sites for hydroxylation is 2. The molecule has 7 nitrogen and oxygen atoms in total. The van der Waals surface area contributed by atoms with Crippen molar-refractivity contribution in [1.29, 1.82) is 0 Å². The molecule has 3 rings (SSSR count). The van der Waals surface area contributed by atoms with Crippen LogP contribution in [0.3, 0.4) is 0 Å². The third-order valence-corrected chi connectivity index (χ3v) is 3.85. The maximum Gasteiger partial charge on any atom is 0.271 e. The Hall–Kier alpha value is -3.61. The van der Waals surface area contributed by atoms with Crippen LogP contribution in [0, 0.1) is 0 Å². The van der Waals surface area contributed by atoms with Gasteiger partial charge in [0.2, 0.25) is 0 Å². The Balaban J connectivity index is 1.60. The highest BCUT2D eigenvalue weighted by Crippen LogP contribution is 2.10. The molecule has 2 heterocycles. The lowest BCUT2D eigenvalue weighted by atomic mass is 10.2. The summed E-state index contributed by atoms with van der Waals surface area (Å²) < 4.78 is 3.87. The number of hydrazone groups is 2. The second-order valence-electron chi connectivity index (χ2n) is 5.74. The van der Waals surface area contributed by atoms with Gasteiger partial charge in [-0.15, -0.1) is 0 Å². The van der Waals surface area contributed by atoms with Crippen molar-refractivity contribution < 1.29 is 4.79 Å². The SMILES string of the molecule is Cn1cccc1/C=N/NC(=O)c1cccc(N/N=C/c2cccn2C)c1. The second kappa shape index (κ2) is 7.98. The van der Waals surface area contributed by atoms with Gasteiger partial charge in [-0.25, -0.2) is 5.43 Å². The van der Waals surface area contributed by atoms with E-state index < -0.39 is 0 Å². The van der Waals surface area contributed by atoms with E-state index in [-0.39, 0.29) is 5.91 Å². The Labute approximate surface area is 151 Å². The average Bonchev–Trinajstić information content (AvgIpc) is 3.24. The number of aromatic nitrogens is 2. The molecule has 1 aromatic carbocycles.